The van der Waals surface area contributed by atoms with E-state index in [1.807, 2.05) is 13.8 Å². The summed E-state index contributed by atoms with van der Waals surface area (Å²) in [4.78, 5) is 10.4. The first kappa shape index (κ1) is 8.43. The third-order valence-corrected chi connectivity index (χ3v) is 1.06. The molecule has 0 aliphatic carbocycles. The average molecular weight is 131 g/mol. The molecule has 54 valence electrons. The van der Waals surface area contributed by atoms with Gasteiger partial charge in [0.25, 0.3) is 0 Å². The minimum atomic E-state index is -0.394. The predicted molar refractivity (Wildman–Crippen MR) is 34.9 cm³/mol. The first-order valence-corrected chi connectivity index (χ1v) is 3.13. The van der Waals surface area contributed by atoms with Crippen molar-refractivity contribution in [3.8, 4) is 0 Å². The molecular formula is C6H13NO2. The Labute approximate surface area is 55.2 Å². The third kappa shape index (κ3) is 3.08. The molecule has 0 bridgehead atoms. The van der Waals surface area contributed by atoms with Gasteiger partial charge in [0.1, 0.15) is 6.10 Å². The van der Waals surface area contributed by atoms with Crippen LogP contribution in [0.5, 0.6) is 0 Å². The maximum absolute atomic E-state index is 10.4. The highest BCUT2D eigenvalue weighted by Gasteiger charge is 2.10. The van der Waals surface area contributed by atoms with Crippen LogP contribution in [0.25, 0.3) is 0 Å². The first-order chi connectivity index (χ1) is 4.22. The molecule has 0 fully saturated rings. The van der Waals surface area contributed by atoms with E-state index >= 15 is 0 Å². The zero-order valence-electron chi connectivity index (χ0n) is 5.89. The van der Waals surface area contributed by atoms with E-state index in [0.29, 0.717) is 13.0 Å². The summed E-state index contributed by atoms with van der Waals surface area (Å²) in [6, 6.07) is 0. The third-order valence-electron chi connectivity index (χ3n) is 1.06. The number of hydrogen-bond acceptors (Lipinski definition) is 2. The molecule has 0 aliphatic heterocycles. The van der Waals surface area contributed by atoms with Crippen LogP contribution in [-0.4, -0.2) is 18.6 Å². The smallest absolute Gasteiger partial charge is 0.246 e. The van der Waals surface area contributed by atoms with Gasteiger partial charge in [-0.05, 0) is 13.3 Å². The lowest BCUT2D eigenvalue weighted by atomic mass is 10.3. The molecule has 0 aliphatic rings. The van der Waals surface area contributed by atoms with Gasteiger partial charge in [0, 0.05) is 6.61 Å². The Morgan fingerprint density at radius 2 is 2.22 bits per heavy atom. The highest BCUT2D eigenvalue weighted by atomic mass is 16.5. The summed E-state index contributed by atoms with van der Waals surface area (Å²) in [5, 5.41) is 0. The molecule has 9 heavy (non-hydrogen) atoms. The largest absolute Gasteiger partial charge is 0.369 e. The molecule has 1 atom stereocenters. The number of hydrogen-bond donors (Lipinski definition) is 1. The van der Waals surface area contributed by atoms with E-state index in [2.05, 4.69) is 0 Å². The van der Waals surface area contributed by atoms with Gasteiger partial charge in [-0.1, -0.05) is 6.92 Å². The quantitative estimate of drug-likeness (QED) is 0.596. The normalized spacial score (nSPS) is 13.1. The van der Waals surface area contributed by atoms with Crippen LogP contribution in [0.4, 0.5) is 0 Å². The monoisotopic (exact) mass is 131 g/mol. The van der Waals surface area contributed by atoms with Gasteiger partial charge in [-0.25, -0.2) is 0 Å². The van der Waals surface area contributed by atoms with Gasteiger partial charge in [-0.15, -0.1) is 0 Å². The second-order valence-electron chi connectivity index (χ2n) is 1.75. The van der Waals surface area contributed by atoms with E-state index in [4.69, 9.17) is 10.5 Å². The van der Waals surface area contributed by atoms with E-state index in [9.17, 15) is 4.79 Å². The van der Waals surface area contributed by atoms with Crippen LogP contribution >= 0.6 is 0 Å². The van der Waals surface area contributed by atoms with Crippen molar-refractivity contribution in [2.75, 3.05) is 6.61 Å². The Bertz CT molecular complexity index is 93.1. The van der Waals surface area contributed by atoms with Gasteiger partial charge in [0.05, 0.1) is 0 Å². The van der Waals surface area contributed by atoms with Crippen LogP contribution in [0.2, 0.25) is 0 Å². The summed E-state index contributed by atoms with van der Waals surface area (Å²) < 4.78 is 4.98. The van der Waals surface area contributed by atoms with Crippen LogP contribution in [0.1, 0.15) is 20.3 Å². The van der Waals surface area contributed by atoms with Crippen LogP contribution in [0.15, 0.2) is 0 Å². The highest BCUT2D eigenvalue weighted by molar-refractivity contribution is 5.78. The van der Waals surface area contributed by atoms with Crippen LogP contribution in [0.3, 0.4) is 0 Å². The Hall–Kier alpha value is -0.570. The Kier molecular flexibility index (Phi) is 4.05. The molecule has 0 saturated carbocycles. The molecule has 1 unspecified atom stereocenters. The van der Waals surface area contributed by atoms with Crippen molar-refractivity contribution in [2.45, 2.75) is 26.4 Å². The van der Waals surface area contributed by atoms with Crippen molar-refractivity contribution in [3.05, 3.63) is 0 Å². The molecule has 0 aromatic rings. The highest BCUT2D eigenvalue weighted by Crippen LogP contribution is 1.94. The summed E-state index contributed by atoms with van der Waals surface area (Å²) in [5.41, 5.74) is 4.97. The Morgan fingerprint density at radius 1 is 1.67 bits per heavy atom. The molecule has 0 heterocycles. The molecule has 0 aromatic carbocycles. The molecule has 3 nitrogen and oxygen atoms in total. The van der Waals surface area contributed by atoms with Gasteiger partial charge in [0.15, 0.2) is 0 Å². The molecule has 0 radical (unpaired) electrons. The second-order valence-corrected chi connectivity index (χ2v) is 1.75. The van der Waals surface area contributed by atoms with Gasteiger partial charge < -0.3 is 10.5 Å². The van der Waals surface area contributed by atoms with Crippen molar-refractivity contribution in [1.82, 2.24) is 0 Å². The van der Waals surface area contributed by atoms with E-state index < -0.39 is 6.10 Å². The maximum atomic E-state index is 10.4. The summed E-state index contributed by atoms with van der Waals surface area (Å²) >= 11 is 0. The molecule has 3 heteroatoms. The number of primary amides is 1. The fourth-order valence-electron chi connectivity index (χ4n) is 0.602. The van der Waals surface area contributed by atoms with Crippen molar-refractivity contribution >= 4 is 5.91 Å². The minimum Gasteiger partial charge on any atom is -0.369 e. The zero-order chi connectivity index (χ0) is 7.28. The summed E-state index contributed by atoms with van der Waals surface area (Å²) in [6.07, 6.45) is 0.262. The lowest BCUT2D eigenvalue weighted by molar-refractivity contribution is -0.129. The topological polar surface area (TPSA) is 52.3 Å². The average Bonchev–Trinajstić information content (AvgIpc) is 1.82. The predicted octanol–water partition coefficient (Wildman–Crippen LogP) is 0.287. The number of ether oxygens (including phenoxy) is 1. The number of amides is 1. The number of rotatable bonds is 4. The molecule has 1 amide bonds. The summed E-state index contributed by atoms with van der Waals surface area (Å²) in [5.74, 6) is -0.376. The molecule has 0 rings (SSSR count). The van der Waals surface area contributed by atoms with E-state index in [1.54, 1.807) is 0 Å². The van der Waals surface area contributed by atoms with Gasteiger partial charge in [-0.3, -0.25) is 4.79 Å². The van der Waals surface area contributed by atoms with E-state index in [-0.39, 0.29) is 5.91 Å². The van der Waals surface area contributed by atoms with Crippen LogP contribution in [-0.2, 0) is 9.53 Å². The van der Waals surface area contributed by atoms with Gasteiger partial charge in [0.2, 0.25) is 5.91 Å². The second kappa shape index (κ2) is 4.32. The van der Waals surface area contributed by atoms with E-state index in [0.717, 1.165) is 0 Å². The Balaban J connectivity index is 3.54. The fourth-order valence-corrected chi connectivity index (χ4v) is 0.602. The van der Waals surface area contributed by atoms with Crippen molar-refractivity contribution in [1.29, 1.82) is 0 Å². The maximum Gasteiger partial charge on any atom is 0.246 e. The lowest BCUT2D eigenvalue weighted by Crippen LogP contribution is -2.30. The lowest BCUT2D eigenvalue weighted by Gasteiger charge is -2.08. The molecule has 2 N–H and O–H groups in total. The molecule has 0 saturated heterocycles. The van der Waals surface area contributed by atoms with E-state index in [1.165, 1.54) is 0 Å². The van der Waals surface area contributed by atoms with Gasteiger partial charge >= 0.3 is 0 Å². The molecular weight excluding hydrogens is 118 g/mol. The molecule has 0 aromatic heterocycles. The molecule has 0 spiro atoms. The SMILES string of the molecule is CCOC(CC)C(N)=O. The van der Waals surface area contributed by atoms with Gasteiger partial charge in [-0.2, -0.15) is 0 Å². The zero-order valence-corrected chi connectivity index (χ0v) is 5.89. The standard InChI is InChI=1S/C6H13NO2/c1-3-5(6(7)8)9-4-2/h5H,3-4H2,1-2H3,(H2,7,8). The number of carbonyl (C=O) groups excluding carboxylic acids is 1. The fraction of sp³-hybridized carbons (Fsp3) is 0.833. The van der Waals surface area contributed by atoms with Crippen molar-refractivity contribution in [3.63, 3.8) is 0 Å². The first-order valence-electron chi connectivity index (χ1n) is 3.13. The summed E-state index contributed by atoms with van der Waals surface area (Å²) in [7, 11) is 0. The van der Waals surface area contributed by atoms with Crippen LogP contribution in [0, 0.1) is 0 Å². The number of carbonyl (C=O) groups is 1. The van der Waals surface area contributed by atoms with Crippen LogP contribution < -0.4 is 5.73 Å². The number of nitrogens with two attached hydrogens (primary N) is 1. The van der Waals surface area contributed by atoms with Crippen molar-refractivity contribution < 1.29 is 9.53 Å². The minimum absolute atomic E-state index is 0.376. The summed E-state index contributed by atoms with van der Waals surface area (Å²) in [6.45, 7) is 4.25. The van der Waals surface area contributed by atoms with Crippen molar-refractivity contribution in [2.24, 2.45) is 5.73 Å². The Morgan fingerprint density at radius 3 is 2.33 bits per heavy atom.